The minimum absolute atomic E-state index is 0.134. The van der Waals surface area contributed by atoms with Crippen molar-refractivity contribution in [3.8, 4) is 0 Å². The molecule has 0 spiro atoms. The van der Waals surface area contributed by atoms with Crippen LogP contribution in [0.15, 0.2) is 48.7 Å². The van der Waals surface area contributed by atoms with Crippen LogP contribution in [0.4, 0.5) is 0 Å². The van der Waals surface area contributed by atoms with E-state index in [1.807, 2.05) is 29.0 Å². The summed E-state index contributed by atoms with van der Waals surface area (Å²) >= 11 is 0. The summed E-state index contributed by atoms with van der Waals surface area (Å²) in [5, 5.41) is 0. The summed E-state index contributed by atoms with van der Waals surface area (Å²) in [5.74, 6) is 0.134. The smallest absolute Gasteiger partial charge is 0.176 e. The second-order valence-corrected chi connectivity index (χ2v) is 4.23. The van der Waals surface area contributed by atoms with Crippen LogP contribution in [0.2, 0.25) is 0 Å². The highest BCUT2D eigenvalue weighted by atomic mass is 16.1. The predicted octanol–water partition coefficient (Wildman–Crippen LogP) is 3.32. The standard InChI is InChI=1S/C15H17NO/c1-13(17)15-10-6-12-16(15)11-5-9-14-7-3-2-4-8-14/h2-4,6-8,10,12H,5,9,11H2,1H3. The summed E-state index contributed by atoms with van der Waals surface area (Å²) in [5.41, 5.74) is 2.15. The number of Topliss-reactive ketones (excluding diaryl/α,β-unsaturated/α-hetero) is 1. The Morgan fingerprint density at radius 3 is 2.59 bits per heavy atom. The van der Waals surface area contributed by atoms with E-state index in [1.54, 1.807) is 6.92 Å². The van der Waals surface area contributed by atoms with Gasteiger partial charge >= 0.3 is 0 Å². The third-order valence-corrected chi connectivity index (χ3v) is 2.90. The molecule has 1 aromatic carbocycles. The van der Waals surface area contributed by atoms with Crippen molar-refractivity contribution in [3.05, 3.63) is 59.9 Å². The lowest BCUT2D eigenvalue weighted by Gasteiger charge is -2.06. The van der Waals surface area contributed by atoms with Crippen LogP contribution >= 0.6 is 0 Å². The Bertz CT molecular complexity index is 485. The Balaban J connectivity index is 1.90. The van der Waals surface area contributed by atoms with Crippen molar-refractivity contribution in [1.82, 2.24) is 4.57 Å². The molecule has 0 radical (unpaired) electrons. The maximum atomic E-state index is 11.3. The maximum absolute atomic E-state index is 11.3. The predicted molar refractivity (Wildman–Crippen MR) is 69.2 cm³/mol. The molecule has 2 nitrogen and oxygen atoms in total. The highest BCUT2D eigenvalue weighted by molar-refractivity contribution is 5.92. The van der Waals surface area contributed by atoms with Gasteiger partial charge in [0.2, 0.25) is 0 Å². The van der Waals surface area contributed by atoms with Crippen molar-refractivity contribution in [2.24, 2.45) is 0 Å². The summed E-state index contributed by atoms with van der Waals surface area (Å²) in [6.07, 6.45) is 4.08. The van der Waals surface area contributed by atoms with E-state index in [4.69, 9.17) is 0 Å². The second-order valence-electron chi connectivity index (χ2n) is 4.23. The van der Waals surface area contributed by atoms with Crippen LogP contribution < -0.4 is 0 Å². The van der Waals surface area contributed by atoms with Gasteiger partial charge in [0.05, 0.1) is 5.69 Å². The summed E-state index contributed by atoms with van der Waals surface area (Å²) in [6.45, 7) is 2.51. The molecule has 0 unspecified atom stereocenters. The zero-order valence-electron chi connectivity index (χ0n) is 10.1. The Morgan fingerprint density at radius 2 is 1.88 bits per heavy atom. The fraction of sp³-hybridized carbons (Fsp3) is 0.267. The average Bonchev–Trinajstić information content (AvgIpc) is 2.79. The summed E-state index contributed by atoms with van der Waals surface area (Å²) in [6, 6.07) is 14.2. The van der Waals surface area contributed by atoms with Crippen LogP contribution in [0.3, 0.4) is 0 Å². The van der Waals surface area contributed by atoms with Crippen LogP contribution in [0, 0.1) is 0 Å². The van der Waals surface area contributed by atoms with E-state index in [0.29, 0.717) is 0 Å². The topological polar surface area (TPSA) is 22.0 Å². The first kappa shape index (κ1) is 11.6. The second kappa shape index (κ2) is 5.48. The first-order valence-electron chi connectivity index (χ1n) is 5.97. The minimum Gasteiger partial charge on any atom is -0.345 e. The van der Waals surface area contributed by atoms with Gasteiger partial charge in [-0.05, 0) is 30.5 Å². The Kier molecular flexibility index (Phi) is 3.76. The molecule has 1 heterocycles. The van der Waals surface area contributed by atoms with Gasteiger partial charge in [-0.15, -0.1) is 0 Å². The first-order chi connectivity index (χ1) is 8.27. The molecule has 2 aromatic rings. The summed E-state index contributed by atoms with van der Waals surface area (Å²) in [4.78, 5) is 11.3. The lowest BCUT2D eigenvalue weighted by atomic mass is 10.1. The van der Waals surface area contributed by atoms with Crippen LogP contribution in [0.1, 0.15) is 29.4 Å². The molecule has 2 heteroatoms. The monoisotopic (exact) mass is 227 g/mol. The van der Waals surface area contributed by atoms with Crippen molar-refractivity contribution in [2.75, 3.05) is 0 Å². The zero-order valence-corrected chi connectivity index (χ0v) is 10.1. The highest BCUT2D eigenvalue weighted by Crippen LogP contribution is 2.07. The first-order valence-corrected chi connectivity index (χ1v) is 5.97. The lowest BCUT2D eigenvalue weighted by molar-refractivity contribution is 0.100. The molecule has 17 heavy (non-hydrogen) atoms. The Hall–Kier alpha value is -1.83. The molecule has 0 aliphatic carbocycles. The molecule has 0 N–H and O–H groups in total. The van der Waals surface area contributed by atoms with Crippen LogP contribution in [-0.2, 0) is 13.0 Å². The number of nitrogens with zero attached hydrogens (tertiary/aromatic N) is 1. The van der Waals surface area contributed by atoms with Gasteiger partial charge in [-0.1, -0.05) is 30.3 Å². The molecule has 1 aromatic heterocycles. The number of aryl methyl sites for hydroxylation is 2. The number of hydrogen-bond acceptors (Lipinski definition) is 1. The van der Waals surface area contributed by atoms with Crippen molar-refractivity contribution >= 4 is 5.78 Å². The van der Waals surface area contributed by atoms with E-state index >= 15 is 0 Å². The van der Waals surface area contributed by atoms with Crippen molar-refractivity contribution in [2.45, 2.75) is 26.3 Å². The van der Waals surface area contributed by atoms with Gasteiger partial charge in [0, 0.05) is 19.7 Å². The third-order valence-electron chi connectivity index (χ3n) is 2.90. The van der Waals surface area contributed by atoms with Gasteiger partial charge in [0.15, 0.2) is 5.78 Å². The summed E-state index contributed by atoms with van der Waals surface area (Å²) in [7, 11) is 0. The van der Waals surface area contributed by atoms with Crippen molar-refractivity contribution in [1.29, 1.82) is 0 Å². The van der Waals surface area contributed by atoms with Crippen molar-refractivity contribution in [3.63, 3.8) is 0 Å². The Labute approximate surface area is 102 Å². The molecule has 0 fully saturated rings. The van der Waals surface area contributed by atoms with E-state index in [2.05, 4.69) is 24.3 Å². The van der Waals surface area contributed by atoms with Crippen LogP contribution in [-0.4, -0.2) is 10.4 Å². The molecule has 0 amide bonds. The normalized spacial score (nSPS) is 10.4. The van der Waals surface area contributed by atoms with E-state index < -0.39 is 0 Å². The summed E-state index contributed by atoms with van der Waals surface area (Å²) < 4.78 is 2.03. The third kappa shape index (κ3) is 3.06. The van der Waals surface area contributed by atoms with E-state index in [9.17, 15) is 4.79 Å². The van der Waals surface area contributed by atoms with E-state index in [1.165, 1.54) is 5.56 Å². The van der Waals surface area contributed by atoms with Gasteiger partial charge in [-0.2, -0.15) is 0 Å². The number of carbonyl (C=O) groups is 1. The number of rotatable bonds is 5. The number of ketones is 1. The largest absolute Gasteiger partial charge is 0.345 e. The SMILES string of the molecule is CC(=O)c1cccn1CCCc1ccccc1. The number of carbonyl (C=O) groups excluding carboxylic acids is 1. The van der Waals surface area contributed by atoms with E-state index in [-0.39, 0.29) is 5.78 Å². The molecule has 2 rings (SSSR count). The number of benzene rings is 1. The molecule has 0 atom stereocenters. The minimum atomic E-state index is 0.134. The van der Waals surface area contributed by atoms with Gasteiger partial charge in [0.25, 0.3) is 0 Å². The fourth-order valence-corrected chi connectivity index (χ4v) is 2.03. The number of hydrogen-bond donors (Lipinski definition) is 0. The molecule has 0 saturated carbocycles. The average molecular weight is 227 g/mol. The van der Waals surface area contributed by atoms with E-state index in [0.717, 1.165) is 25.1 Å². The van der Waals surface area contributed by atoms with Gasteiger partial charge in [0.1, 0.15) is 0 Å². The maximum Gasteiger partial charge on any atom is 0.176 e. The van der Waals surface area contributed by atoms with Gasteiger partial charge < -0.3 is 4.57 Å². The Morgan fingerprint density at radius 1 is 1.12 bits per heavy atom. The van der Waals surface area contributed by atoms with Crippen LogP contribution in [0.25, 0.3) is 0 Å². The highest BCUT2D eigenvalue weighted by Gasteiger charge is 2.04. The van der Waals surface area contributed by atoms with Gasteiger partial charge in [-0.3, -0.25) is 4.79 Å². The molecule has 0 aliphatic rings. The van der Waals surface area contributed by atoms with Crippen LogP contribution in [0.5, 0.6) is 0 Å². The molecule has 0 aliphatic heterocycles. The quantitative estimate of drug-likeness (QED) is 0.718. The van der Waals surface area contributed by atoms with Gasteiger partial charge in [-0.25, -0.2) is 0 Å². The molecular formula is C15H17NO. The fourth-order valence-electron chi connectivity index (χ4n) is 2.03. The lowest BCUT2D eigenvalue weighted by Crippen LogP contribution is -2.06. The zero-order chi connectivity index (χ0) is 12.1. The molecule has 88 valence electrons. The van der Waals surface area contributed by atoms with Crippen molar-refractivity contribution < 1.29 is 4.79 Å². The molecule has 0 bridgehead atoms. The number of aromatic nitrogens is 1. The molecular weight excluding hydrogens is 210 g/mol. The molecule has 0 saturated heterocycles.